The monoisotopic (exact) mass is 350 g/mol. The summed E-state index contributed by atoms with van der Waals surface area (Å²) < 4.78 is 0. The van der Waals surface area contributed by atoms with Crippen molar-refractivity contribution in [2.75, 3.05) is 0 Å². The molecule has 4 rings (SSSR count). The van der Waals surface area contributed by atoms with E-state index in [4.69, 9.17) is 0 Å². The first kappa shape index (κ1) is 17.9. The van der Waals surface area contributed by atoms with Crippen LogP contribution in [0.5, 0.6) is 0 Å². The fourth-order valence-corrected chi connectivity index (χ4v) is 7.97. The second-order valence-electron chi connectivity index (χ2n) is 9.99. The summed E-state index contributed by atoms with van der Waals surface area (Å²) in [5.74, 6) is 2.17. The fourth-order valence-electron chi connectivity index (χ4n) is 7.97. The second kappa shape index (κ2) is 5.77. The number of rotatable bonds is 1. The predicted octanol–water partition coefficient (Wildman–Crippen LogP) is 2.54. The molecule has 0 unspecified atom stereocenters. The largest absolute Gasteiger partial charge is 0.390 e. The third-order valence-corrected chi connectivity index (χ3v) is 9.20. The van der Waals surface area contributed by atoms with E-state index in [-0.39, 0.29) is 22.7 Å². The van der Waals surface area contributed by atoms with Gasteiger partial charge in [0.2, 0.25) is 0 Å². The summed E-state index contributed by atoms with van der Waals surface area (Å²) in [4.78, 5) is 12.6. The molecule has 10 atom stereocenters. The van der Waals surface area contributed by atoms with Crippen LogP contribution in [0.1, 0.15) is 65.7 Å². The van der Waals surface area contributed by atoms with Gasteiger partial charge >= 0.3 is 0 Å². The van der Waals surface area contributed by atoms with E-state index in [1.807, 2.05) is 0 Å². The Morgan fingerprint density at radius 1 is 0.960 bits per heavy atom. The lowest BCUT2D eigenvalue weighted by Gasteiger charge is -2.62. The Labute approximate surface area is 151 Å². The lowest BCUT2D eigenvalue weighted by atomic mass is 9.44. The van der Waals surface area contributed by atoms with Gasteiger partial charge < -0.3 is 15.3 Å². The van der Waals surface area contributed by atoms with Crippen LogP contribution in [0.3, 0.4) is 0 Å². The number of aliphatic hydroxyl groups excluding tert-OH is 3. The summed E-state index contributed by atoms with van der Waals surface area (Å²) in [7, 11) is 0. The molecule has 0 bridgehead atoms. The Kier molecular flexibility index (Phi) is 4.14. The predicted molar refractivity (Wildman–Crippen MR) is 94.7 cm³/mol. The second-order valence-corrected chi connectivity index (χ2v) is 9.99. The molecule has 0 aromatic rings. The number of Topliss-reactive ketones (excluding diaryl/α,β-unsaturated/α-hetero) is 1. The highest BCUT2D eigenvalue weighted by Crippen LogP contribution is 2.67. The van der Waals surface area contributed by atoms with Gasteiger partial charge in [0.25, 0.3) is 0 Å². The number of aliphatic hydroxyl groups is 3. The summed E-state index contributed by atoms with van der Waals surface area (Å²) in [5.41, 5.74) is 0.0112. The van der Waals surface area contributed by atoms with Crippen molar-refractivity contribution in [1.29, 1.82) is 0 Å². The molecular formula is C21H34O4. The zero-order chi connectivity index (χ0) is 18.1. The van der Waals surface area contributed by atoms with Crippen molar-refractivity contribution in [2.24, 2.45) is 40.4 Å². The third kappa shape index (κ3) is 2.26. The van der Waals surface area contributed by atoms with Gasteiger partial charge in [-0.1, -0.05) is 20.8 Å². The van der Waals surface area contributed by atoms with E-state index in [1.165, 1.54) is 0 Å². The molecule has 4 aliphatic rings. The molecule has 0 aliphatic heterocycles. The molecule has 0 amide bonds. The molecule has 0 radical (unpaired) electrons. The Balaban J connectivity index is 1.66. The van der Waals surface area contributed by atoms with Crippen molar-refractivity contribution < 1.29 is 20.1 Å². The van der Waals surface area contributed by atoms with Gasteiger partial charge in [-0.15, -0.1) is 0 Å². The lowest BCUT2D eigenvalue weighted by Crippen LogP contribution is -2.61. The number of carbonyl (C=O) groups excluding carboxylic acids is 1. The fraction of sp³-hybridized carbons (Fsp3) is 0.952. The molecule has 0 spiro atoms. The Morgan fingerprint density at radius 3 is 2.36 bits per heavy atom. The normalized spacial score (nSPS) is 58.4. The highest BCUT2D eigenvalue weighted by atomic mass is 16.4. The van der Waals surface area contributed by atoms with Gasteiger partial charge in [0.15, 0.2) is 0 Å². The van der Waals surface area contributed by atoms with Crippen LogP contribution in [0, 0.1) is 40.4 Å². The average Bonchev–Trinajstić information content (AvgIpc) is 2.82. The number of ketones is 1. The molecule has 4 saturated carbocycles. The van der Waals surface area contributed by atoms with Crippen molar-refractivity contribution in [3.63, 3.8) is 0 Å². The van der Waals surface area contributed by atoms with Gasteiger partial charge in [0, 0.05) is 12.3 Å². The molecular weight excluding hydrogens is 316 g/mol. The Morgan fingerprint density at radius 2 is 1.68 bits per heavy atom. The lowest BCUT2D eigenvalue weighted by molar-refractivity contribution is -0.207. The first-order chi connectivity index (χ1) is 11.7. The topological polar surface area (TPSA) is 77.8 Å². The molecule has 142 valence electrons. The minimum atomic E-state index is -1.01. The van der Waals surface area contributed by atoms with Crippen molar-refractivity contribution in [3.05, 3.63) is 0 Å². The molecule has 25 heavy (non-hydrogen) atoms. The SMILES string of the molecule is CC[C@H]1C(=O)C[C@@H]2[C@H]3CC[C@H]4[C@@H](O)[C@@H](O)[C@@H](O)C[C@]4(C)[C@@H]3CC[C@@]21C. The summed E-state index contributed by atoms with van der Waals surface area (Å²) in [5, 5.41) is 31.1. The molecule has 4 fully saturated rings. The molecule has 4 heteroatoms. The van der Waals surface area contributed by atoms with E-state index in [0.29, 0.717) is 30.0 Å². The number of hydrogen-bond acceptors (Lipinski definition) is 4. The summed E-state index contributed by atoms with van der Waals surface area (Å²) in [6, 6.07) is 0. The molecule has 0 aromatic carbocycles. The minimum Gasteiger partial charge on any atom is -0.390 e. The van der Waals surface area contributed by atoms with Crippen molar-refractivity contribution in [3.8, 4) is 0 Å². The maximum Gasteiger partial charge on any atom is 0.136 e. The molecule has 0 aromatic heterocycles. The first-order valence-electron chi connectivity index (χ1n) is 10.3. The van der Waals surface area contributed by atoms with E-state index in [1.54, 1.807) is 0 Å². The smallest absolute Gasteiger partial charge is 0.136 e. The average molecular weight is 350 g/mol. The minimum absolute atomic E-state index is 0.0654. The Hall–Kier alpha value is -0.450. The highest BCUT2D eigenvalue weighted by Gasteiger charge is 2.63. The quantitative estimate of drug-likeness (QED) is 0.679. The van der Waals surface area contributed by atoms with Crippen LogP contribution in [0.25, 0.3) is 0 Å². The van der Waals surface area contributed by atoms with Gasteiger partial charge in [0.05, 0.1) is 12.2 Å². The zero-order valence-corrected chi connectivity index (χ0v) is 15.8. The van der Waals surface area contributed by atoms with Crippen LogP contribution in [-0.2, 0) is 4.79 Å². The Bertz CT molecular complexity index is 562. The van der Waals surface area contributed by atoms with Gasteiger partial charge in [-0.3, -0.25) is 4.79 Å². The van der Waals surface area contributed by atoms with Crippen molar-refractivity contribution >= 4 is 5.78 Å². The van der Waals surface area contributed by atoms with E-state index in [0.717, 1.165) is 38.5 Å². The maximum atomic E-state index is 12.6. The van der Waals surface area contributed by atoms with E-state index < -0.39 is 18.3 Å². The van der Waals surface area contributed by atoms with Crippen LogP contribution < -0.4 is 0 Å². The molecule has 0 heterocycles. The van der Waals surface area contributed by atoms with Crippen LogP contribution in [-0.4, -0.2) is 39.4 Å². The summed E-state index contributed by atoms with van der Waals surface area (Å²) in [6.07, 6.45) is 3.71. The van der Waals surface area contributed by atoms with E-state index in [2.05, 4.69) is 20.8 Å². The summed E-state index contributed by atoms with van der Waals surface area (Å²) >= 11 is 0. The van der Waals surface area contributed by atoms with E-state index >= 15 is 0 Å². The van der Waals surface area contributed by atoms with Crippen molar-refractivity contribution in [2.45, 2.75) is 84.0 Å². The van der Waals surface area contributed by atoms with Gasteiger partial charge in [-0.05, 0) is 73.0 Å². The van der Waals surface area contributed by atoms with Crippen LogP contribution in [0.15, 0.2) is 0 Å². The van der Waals surface area contributed by atoms with E-state index in [9.17, 15) is 20.1 Å². The number of carbonyl (C=O) groups is 1. The zero-order valence-electron chi connectivity index (χ0n) is 15.8. The summed E-state index contributed by atoms with van der Waals surface area (Å²) in [6.45, 7) is 6.72. The number of fused-ring (bicyclic) bond motifs is 5. The molecule has 0 saturated heterocycles. The highest BCUT2D eigenvalue weighted by molar-refractivity contribution is 5.84. The maximum absolute atomic E-state index is 12.6. The van der Waals surface area contributed by atoms with Crippen LogP contribution >= 0.6 is 0 Å². The standard InChI is InChI=1S/C21H34O4/c1-4-12-16(22)9-15-11-5-6-14-18(24)19(25)17(23)10-21(14,3)13(11)7-8-20(12,15)2/h11-15,17-19,23-25H,4-10H2,1-3H3/t11-,12-,13+,14-,15+,17-,18+,19-,20+,21+/m0/s1. The van der Waals surface area contributed by atoms with Gasteiger partial charge in [-0.25, -0.2) is 0 Å². The number of hydrogen-bond donors (Lipinski definition) is 3. The first-order valence-corrected chi connectivity index (χ1v) is 10.3. The molecule has 4 nitrogen and oxygen atoms in total. The third-order valence-electron chi connectivity index (χ3n) is 9.20. The molecule has 3 N–H and O–H groups in total. The van der Waals surface area contributed by atoms with Gasteiger partial charge in [0.1, 0.15) is 11.9 Å². The van der Waals surface area contributed by atoms with Crippen molar-refractivity contribution in [1.82, 2.24) is 0 Å². The van der Waals surface area contributed by atoms with Crippen LogP contribution in [0.2, 0.25) is 0 Å². The molecule has 4 aliphatic carbocycles. The van der Waals surface area contributed by atoms with Crippen LogP contribution in [0.4, 0.5) is 0 Å². The van der Waals surface area contributed by atoms with Gasteiger partial charge in [-0.2, -0.15) is 0 Å².